The highest BCUT2D eigenvalue weighted by Gasteiger charge is 2.21. The molecule has 1 fully saturated rings. The number of hydrogen-bond acceptors (Lipinski definition) is 6. The Morgan fingerprint density at radius 1 is 1.34 bits per heavy atom. The van der Waals surface area contributed by atoms with Crippen molar-refractivity contribution in [1.29, 1.82) is 0 Å². The second kappa shape index (κ2) is 8.74. The SMILES string of the molecule is Cc1ccc(-c2cnc3c(NCCCC4CC4)cc(C(=O)NC(C)c4ncn[nH]4)cn23)s1. The highest BCUT2D eigenvalue weighted by atomic mass is 32.1. The highest BCUT2D eigenvalue weighted by Crippen LogP contribution is 2.34. The Hall–Kier alpha value is -3.20. The number of fused-ring (bicyclic) bond motifs is 1. The van der Waals surface area contributed by atoms with Crippen LogP contribution in [0.4, 0.5) is 5.69 Å². The first-order valence-electron chi connectivity index (χ1n) is 11.1. The average molecular weight is 450 g/mol. The number of amides is 1. The topological polar surface area (TPSA) is 100 Å². The molecular weight excluding hydrogens is 422 g/mol. The van der Waals surface area contributed by atoms with E-state index in [2.05, 4.69) is 49.9 Å². The van der Waals surface area contributed by atoms with E-state index in [4.69, 9.17) is 0 Å². The molecule has 5 rings (SSSR count). The van der Waals surface area contributed by atoms with E-state index in [1.807, 2.05) is 29.8 Å². The maximum Gasteiger partial charge on any atom is 0.253 e. The number of thiophene rings is 1. The molecule has 3 N–H and O–H groups in total. The summed E-state index contributed by atoms with van der Waals surface area (Å²) in [6.07, 6.45) is 10.3. The minimum Gasteiger partial charge on any atom is -0.382 e. The molecule has 0 aliphatic heterocycles. The van der Waals surface area contributed by atoms with E-state index in [0.29, 0.717) is 11.4 Å². The number of hydrogen-bond donors (Lipinski definition) is 3. The lowest BCUT2D eigenvalue weighted by atomic mass is 10.2. The number of pyridine rings is 1. The van der Waals surface area contributed by atoms with Crippen molar-refractivity contribution in [2.75, 3.05) is 11.9 Å². The van der Waals surface area contributed by atoms with Crippen LogP contribution in [0.5, 0.6) is 0 Å². The molecule has 0 bridgehead atoms. The molecular formula is C23H27N7OS. The fraction of sp³-hybridized carbons (Fsp3) is 0.391. The summed E-state index contributed by atoms with van der Waals surface area (Å²) in [7, 11) is 0. The van der Waals surface area contributed by atoms with E-state index >= 15 is 0 Å². The second-order valence-electron chi connectivity index (χ2n) is 8.47. The average Bonchev–Trinajstić information content (AvgIpc) is 3.16. The van der Waals surface area contributed by atoms with Crippen molar-refractivity contribution in [3.05, 3.63) is 53.2 Å². The Balaban J connectivity index is 1.45. The number of nitrogens with zero attached hydrogens (tertiary/aromatic N) is 4. The molecule has 4 aromatic heterocycles. The molecule has 166 valence electrons. The van der Waals surface area contributed by atoms with E-state index < -0.39 is 0 Å². The van der Waals surface area contributed by atoms with Crippen LogP contribution in [0.15, 0.2) is 36.9 Å². The third-order valence-electron chi connectivity index (χ3n) is 5.85. The van der Waals surface area contributed by atoms with Gasteiger partial charge in [-0.3, -0.25) is 14.3 Å². The van der Waals surface area contributed by atoms with E-state index in [-0.39, 0.29) is 11.9 Å². The van der Waals surface area contributed by atoms with Gasteiger partial charge in [0.2, 0.25) is 0 Å². The van der Waals surface area contributed by atoms with Crippen LogP contribution < -0.4 is 10.6 Å². The first-order chi connectivity index (χ1) is 15.6. The van der Waals surface area contributed by atoms with Crippen molar-refractivity contribution < 1.29 is 4.79 Å². The van der Waals surface area contributed by atoms with Gasteiger partial charge >= 0.3 is 0 Å². The van der Waals surface area contributed by atoms with Crippen LogP contribution in [-0.4, -0.2) is 37.0 Å². The monoisotopic (exact) mass is 449 g/mol. The zero-order valence-corrected chi connectivity index (χ0v) is 19.1. The molecule has 0 spiro atoms. The van der Waals surface area contributed by atoms with Crippen LogP contribution in [-0.2, 0) is 0 Å². The molecule has 0 aromatic carbocycles. The van der Waals surface area contributed by atoms with Crippen LogP contribution in [0.3, 0.4) is 0 Å². The number of anilines is 1. The highest BCUT2D eigenvalue weighted by molar-refractivity contribution is 7.15. The largest absolute Gasteiger partial charge is 0.382 e. The summed E-state index contributed by atoms with van der Waals surface area (Å²) in [5.74, 6) is 1.36. The Labute approximate surface area is 190 Å². The van der Waals surface area contributed by atoms with Crippen LogP contribution in [0, 0.1) is 12.8 Å². The lowest BCUT2D eigenvalue weighted by Gasteiger charge is -2.14. The molecule has 4 heterocycles. The predicted octanol–water partition coefficient (Wildman–Crippen LogP) is 4.58. The van der Waals surface area contributed by atoms with Crippen molar-refractivity contribution in [3.8, 4) is 10.6 Å². The van der Waals surface area contributed by atoms with Crippen molar-refractivity contribution in [3.63, 3.8) is 0 Å². The molecule has 1 amide bonds. The van der Waals surface area contributed by atoms with Crippen LogP contribution in [0.1, 0.15) is 59.7 Å². The summed E-state index contributed by atoms with van der Waals surface area (Å²) in [5.41, 5.74) is 3.26. The van der Waals surface area contributed by atoms with E-state index in [0.717, 1.165) is 40.8 Å². The number of carbonyl (C=O) groups is 1. The summed E-state index contributed by atoms with van der Waals surface area (Å²) in [6.45, 7) is 4.84. The van der Waals surface area contributed by atoms with Gasteiger partial charge < -0.3 is 10.6 Å². The summed E-state index contributed by atoms with van der Waals surface area (Å²) < 4.78 is 2.02. The van der Waals surface area contributed by atoms with Gasteiger partial charge in [0.15, 0.2) is 5.65 Å². The van der Waals surface area contributed by atoms with Crippen LogP contribution >= 0.6 is 11.3 Å². The number of aryl methyl sites for hydroxylation is 1. The maximum absolute atomic E-state index is 13.1. The summed E-state index contributed by atoms with van der Waals surface area (Å²) in [4.78, 5) is 24.3. The normalized spacial score (nSPS) is 14.6. The first kappa shape index (κ1) is 20.7. The predicted molar refractivity (Wildman–Crippen MR) is 126 cm³/mol. The molecule has 1 unspecified atom stereocenters. The minimum absolute atomic E-state index is 0.168. The Morgan fingerprint density at radius 3 is 2.94 bits per heavy atom. The van der Waals surface area contributed by atoms with Gasteiger partial charge in [-0.1, -0.05) is 12.8 Å². The van der Waals surface area contributed by atoms with Crippen molar-refractivity contribution in [2.45, 2.75) is 45.6 Å². The molecule has 1 aliphatic carbocycles. The number of carbonyl (C=O) groups excluding carboxylic acids is 1. The molecule has 9 heteroatoms. The standard InChI is InChI=1S/C23H27N7OS/c1-14-5-8-20(32-14)19-11-25-22-18(24-9-3-4-16-6-7-16)10-17(12-30(19)22)23(31)28-15(2)21-26-13-27-29-21/h5,8,10-13,15-16,24H,3-4,6-7,9H2,1-2H3,(H,28,31)(H,26,27,29). The van der Waals surface area contributed by atoms with Gasteiger partial charge in [-0.2, -0.15) is 5.10 Å². The van der Waals surface area contributed by atoms with Gasteiger partial charge in [-0.25, -0.2) is 9.97 Å². The fourth-order valence-electron chi connectivity index (χ4n) is 3.89. The lowest BCUT2D eigenvalue weighted by molar-refractivity contribution is 0.0938. The zero-order chi connectivity index (χ0) is 22.1. The number of aromatic nitrogens is 5. The molecule has 8 nitrogen and oxygen atoms in total. The first-order valence-corrected chi connectivity index (χ1v) is 11.9. The van der Waals surface area contributed by atoms with Gasteiger partial charge in [0.25, 0.3) is 5.91 Å². The van der Waals surface area contributed by atoms with E-state index in [1.54, 1.807) is 11.3 Å². The van der Waals surface area contributed by atoms with E-state index in [1.165, 1.54) is 30.5 Å². The molecule has 0 radical (unpaired) electrons. The van der Waals surface area contributed by atoms with Crippen molar-refractivity contribution in [1.82, 2.24) is 29.9 Å². The fourth-order valence-corrected chi connectivity index (χ4v) is 4.76. The molecule has 4 aromatic rings. The third kappa shape index (κ3) is 4.38. The smallest absolute Gasteiger partial charge is 0.253 e. The molecule has 1 aliphatic rings. The maximum atomic E-state index is 13.1. The third-order valence-corrected chi connectivity index (χ3v) is 6.88. The zero-order valence-electron chi connectivity index (χ0n) is 18.3. The van der Waals surface area contributed by atoms with Gasteiger partial charge in [-0.15, -0.1) is 11.3 Å². The second-order valence-corrected chi connectivity index (χ2v) is 9.76. The number of H-pyrrole nitrogens is 1. The quantitative estimate of drug-likeness (QED) is 0.325. The van der Waals surface area contributed by atoms with E-state index in [9.17, 15) is 4.79 Å². The molecule has 1 atom stereocenters. The minimum atomic E-state index is -0.280. The summed E-state index contributed by atoms with van der Waals surface area (Å²) in [6, 6.07) is 5.82. The number of imidazole rings is 1. The van der Waals surface area contributed by atoms with Crippen LogP contribution in [0.2, 0.25) is 0 Å². The Kier molecular flexibility index (Phi) is 5.65. The van der Waals surface area contributed by atoms with Crippen molar-refractivity contribution in [2.24, 2.45) is 5.92 Å². The number of nitrogens with one attached hydrogen (secondary N) is 3. The lowest BCUT2D eigenvalue weighted by Crippen LogP contribution is -2.27. The number of aromatic amines is 1. The summed E-state index contributed by atoms with van der Waals surface area (Å²) >= 11 is 1.72. The summed E-state index contributed by atoms with van der Waals surface area (Å²) in [5, 5.41) is 13.2. The van der Waals surface area contributed by atoms with Crippen molar-refractivity contribution >= 4 is 28.6 Å². The van der Waals surface area contributed by atoms with Gasteiger partial charge in [-0.05, 0) is 50.8 Å². The Bertz CT molecular complexity index is 1220. The van der Waals surface area contributed by atoms with Crippen LogP contribution in [0.25, 0.3) is 16.2 Å². The van der Waals surface area contributed by atoms with Gasteiger partial charge in [0, 0.05) is 17.6 Å². The molecule has 1 saturated carbocycles. The molecule has 32 heavy (non-hydrogen) atoms. The molecule has 0 saturated heterocycles. The number of rotatable bonds is 9. The van der Waals surface area contributed by atoms with Gasteiger partial charge in [0.1, 0.15) is 12.2 Å². The van der Waals surface area contributed by atoms with Gasteiger partial charge in [0.05, 0.1) is 34.1 Å². The Morgan fingerprint density at radius 2 is 2.22 bits per heavy atom.